The van der Waals surface area contributed by atoms with Gasteiger partial charge in [0, 0.05) is 18.5 Å². The zero-order valence-electron chi connectivity index (χ0n) is 12.4. The molecule has 106 valence electrons. The van der Waals surface area contributed by atoms with Crippen molar-refractivity contribution >= 4 is 5.91 Å². The van der Waals surface area contributed by atoms with Crippen LogP contribution in [0, 0.1) is 5.41 Å². The Bertz CT molecular complexity index is 239. The molecule has 3 nitrogen and oxygen atoms in total. The van der Waals surface area contributed by atoms with E-state index in [4.69, 9.17) is 0 Å². The highest BCUT2D eigenvalue weighted by Gasteiger charge is 2.37. The molecule has 0 spiro atoms. The summed E-state index contributed by atoms with van der Waals surface area (Å²) in [6, 6.07) is 0. The number of amides is 1. The number of carbonyl (C=O) groups is 1. The van der Waals surface area contributed by atoms with Gasteiger partial charge in [-0.05, 0) is 38.8 Å². The van der Waals surface area contributed by atoms with Crippen LogP contribution in [0.25, 0.3) is 0 Å². The van der Waals surface area contributed by atoms with Crippen LogP contribution in [0.1, 0.15) is 59.3 Å². The van der Waals surface area contributed by atoms with Gasteiger partial charge in [-0.3, -0.25) is 4.79 Å². The fraction of sp³-hybridized carbons (Fsp3) is 0.933. The number of piperidine rings is 1. The molecule has 0 aliphatic carbocycles. The maximum absolute atomic E-state index is 12.7. The van der Waals surface area contributed by atoms with Crippen LogP contribution in [0.15, 0.2) is 0 Å². The molecule has 0 bridgehead atoms. The van der Waals surface area contributed by atoms with Crippen LogP contribution in [0.5, 0.6) is 0 Å². The molecule has 1 rings (SSSR count). The smallest absolute Gasteiger partial charge is 0.228 e. The van der Waals surface area contributed by atoms with Crippen LogP contribution >= 0.6 is 0 Å². The summed E-state index contributed by atoms with van der Waals surface area (Å²) in [5.41, 5.74) is -0.118. The Morgan fingerprint density at radius 2 is 1.61 bits per heavy atom. The van der Waals surface area contributed by atoms with Crippen LogP contribution in [0.2, 0.25) is 0 Å². The van der Waals surface area contributed by atoms with E-state index in [1.54, 1.807) is 0 Å². The van der Waals surface area contributed by atoms with E-state index in [9.17, 15) is 4.79 Å². The first-order chi connectivity index (χ1) is 8.64. The molecule has 0 atom stereocenters. The maximum Gasteiger partial charge on any atom is 0.228 e. The molecule has 1 aliphatic rings. The van der Waals surface area contributed by atoms with Gasteiger partial charge in [0.15, 0.2) is 0 Å². The molecule has 0 saturated carbocycles. The molecule has 0 aromatic rings. The fourth-order valence-electron chi connectivity index (χ4n) is 2.59. The molecule has 1 aliphatic heterocycles. The Morgan fingerprint density at radius 1 is 1.11 bits per heavy atom. The molecular formula is C15H30N2O. The number of nitrogens with zero attached hydrogens (tertiary/aromatic N) is 1. The van der Waals surface area contributed by atoms with Gasteiger partial charge in [-0.1, -0.05) is 33.6 Å². The Hall–Kier alpha value is -0.570. The number of rotatable bonds is 7. The van der Waals surface area contributed by atoms with Gasteiger partial charge in [-0.2, -0.15) is 0 Å². The van der Waals surface area contributed by atoms with Crippen LogP contribution in [0.4, 0.5) is 0 Å². The van der Waals surface area contributed by atoms with Gasteiger partial charge in [0.2, 0.25) is 5.91 Å². The van der Waals surface area contributed by atoms with E-state index in [-0.39, 0.29) is 5.41 Å². The molecule has 0 aromatic carbocycles. The van der Waals surface area contributed by atoms with Crippen LogP contribution in [-0.4, -0.2) is 37.0 Å². The number of hydrogen-bond acceptors (Lipinski definition) is 2. The Labute approximate surface area is 112 Å². The molecule has 1 fully saturated rings. The second kappa shape index (κ2) is 7.78. The fourth-order valence-corrected chi connectivity index (χ4v) is 2.59. The van der Waals surface area contributed by atoms with Gasteiger partial charge < -0.3 is 10.2 Å². The highest BCUT2D eigenvalue weighted by molar-refractivity contribution is 5.82. The normalized spacial score (nSPS) is 18.6. The van der Waals surface area contributed by atoms with Crippen molar-refractivity contribution in [3.8, 4) is 0 Å². The standard InChI is InChI=1S/C15H30N2O/c1-4-6-12-17(13-7-5-2)14(18)15(3)8-10-16-11-9-15/h16H,4-13H2,1-3H3. The topological polar surface area (TPSA) is 32.3 Å². The van der Waals surface area contributed by atoms with Crippen molar-refractivity contribution in [2.45, 2.75) is 59.3 Å². The van der Waals surface area contributed by atoms with Crippen molar-refractivity contribution in [3.63, 3.8) is 0 Å². The summed E-state index contributed by atoms with van der Waals surface area (Å²) in [5.74, 6) is 0.394. The van der Waals surface area contributed by atoms with Crippen molar-refractivity contribution < 1.29 is 4.79 Å². The Balaban J connectivity index is 2.60. The second-order valence-corrected chi connectivity index (χ2v) is 5.81. The van der Waals surface area contributed by atoms with Crippen molar-refractivity contribution in [2.24, 2.45) is 5.41 Å². The molecule has 0 unspecified atom stereocenters. The third-order valence-electron chi connectivity index (χ3n) is 4.07. The van der Waals surface area contributed by atoms with Crippen molar-refractivity contribution in [3.05, 3.63) is 0 Å². The summed E-state index contributed by atoms with van der Waals surface area (Å²) in [6.45, 7) is 10.4. The lowest BCUT2D eigenvalue weighted by molar-refractivity contribution is -0.143. The van der Waals surface area contributed by atoms with Gasteiger partial charge in [-0.15, -0.1) is 0 Å². The first-order valence-corrected chi connectivity index (χ1v) is 7.64. The zero-order chi connectivity index (χ0) is 13.4. The predicted octanol–water partition coefficient (Wildman–Crippen LogP) is 2.80. The lowest BCUT2D eigenvalue weighted by atomic mass is 9.79. The van der Waals surface area contributed by atoms with Crippen molar-refractivity contribution in [1.82, 2.24) is 10.2 Å². The average Bonchev–Trinajstić information content (AvgIpc) is 2.39. The second-order valence-electron chi connectivity index (χ2n) is 5.81. The molecule has 0 radical (unpaired) electrons. The first kappa shape index (κ1) is 15.5. The van der Waals surface area contributed by atoms with Crippen LogP contribution < -0.4 is 5.32 Å². The van der Waals surface area contributed by atoms with Gasteiger partial charge in [0.05, 0.1) is 0 Å². The molecule has 3 heteroatoms. The molecule has 1 heterocycles. The van der Waals surface area contributed by atoms with Crippen LogP contribution in [-0.2, 0) is 4.79 Å². The third kappa shape index (κ3) is 4.27. The van der Waals surface area contributed by atoms with Gasteiger partial charge in [-0.25, -0.2) is 0 Å². The SMILES string of the molecule is CCCCN(CCCC)C(=O)C1(C)CCNCC1. The molecule has 1 amide bonds. The summed E-state index contributed by atoms with van der Waals surface area (Å²) >= 11 is 0. The highest BCUT2D eigenvalue weighted by atomic mass is 16.2. The lowest BCUT2D eigenvalue weighted by Crippen LogP contribution is -2.48. The monoisotopic (exact) mass is 254 g/mol. The molecule has 1 saturated heterocycles. The minimum atomic E-state index is -0.118. The third-order valence-corrected chi connectivity index (χ3v) is 4.07. The van der Waals surface area contributed by atoms with E-state index in [1.165, 1.54) is 0 Å². The summed E-state index contributed by atoms with van der Waals surface area (Å²) in [5, 5.41) is 3.35. The maximum atomic E-state index is 12.7. The summed E-state index contributed by atoms with van der Waals surface area (Å²) in [4.78, 5) is 14.9. The first-order valence-electron chi connectivity index (χ1n) is 7.64. The molecular weight excluding hydrogens is 224 g/mol. The average molecular weight is 254 g/mol. The largest absolute Gasteiger partial charge is 0.342 e. The van der Waals surface area contributed by atoms with E-state index in [0.29, 0.717) is 5.91 Å². The quantitative estimate of drug-likeness (QED) is 0.757. The van der Waals surface area contributed by atoms with Gasteiger partial charge in [0.1, 0.15) is 0 Å². The Kier molecular flexibility index (Phi) is 6.69. The van der Waals surface area contributed by atoms with E-state index in [0.717, 1.165) is 64.7 Å². The highest BCUT2D eigenvalue weighted by Crippen LogP contribution is 2.30. The zero-order valence-corrected chi connectivity index (χ0v) is 12.4. The number of hydrogen-bond donors (Lipinski definition) is 1. The lowest BCUT2D eigenvalue weighted by Gasteiger charge is -2.37. The Morgan fingerprint density at radius 3 is 2.06 bits per heavy atom. The predicted molar refractivity (Wildman–Crippen MR) is 76.6 cm³/mol. The number of carbonyl (C=O) groups excluding carboxylic acids is 1. The summed E-state index contributed by atoms with van der Waals surface area (Å²) < 4.78 is 0. The van der Waals surface area contributed by atoms with Gasteiger partial charge >= 0.3 is 0 Å². The van der Waals surface area contributed by atoms with Crippen molar-refractivity contribution in [2.75, 3.05) is 26.2 Å². The number of nitrogens with one attached hydrogen (secondary N) is 1. The summed E-state index contributed by atoms with van der Waals surface area (Å²) in [7, 11) is 0. The molecule has 1 N–H and O–H groups in total. The van der Waals surface area contributed by atoms with E-state index in [2.05, 4.69) is 31.0 Å². The molecule has 0 aromatic heterocycles. The van der Waals surface area contributed by atoms with E-state index in [1.807, 2.05) is 0 Å². The minimum absolute atomic E-state index is 0.118. The van der Waals surface area contributed by atoms with Gasteiger partial charge in [0.25, 0.3) is 0 Å². The summed E-state index contributed by atoms with van der Waals surface area (Å²) in [6.07, 6.45) is 6.55. The van der Waals surface area contributed by atoms with E-state index >= 15 is 0 Å². The van der Waals surface area contributed by atoms with Crippen molar-refractivity contribution in [1.29, 1.82) is 0 Å². The van der Waals surface area contributed by atoms with E-state index < -0.39 is 0 Å². The van der Waals surface area contributed by atoms with Crippen LogP contribution in [0.3, 0.4) is 0 Å². The minimum Gasteiger partial charge on any atom is -0.342 e. The molecule has 18 heavy (non-hydrogen) atoms. The number of unbranched alkanes of at least 4 members (excludes halogenated alkanes) is 2.